The van der Waals surface area contributed by atoms with Crippen LogP contribution in [0.4, 0.5) is 0 Å². The maximum Gasteiger partial charge on any atom is 0.330 e. The molecule has 0 saturated heterocycles. The van der Waals surface area contributed by atoms with Gasteiger partial charge in [0.05, 0.1) is 18.8 Å². The van der Waals surface area contributed by atoms with Crippen molar-refractivity contribution in [2.24, 2.45) is 28.6 Å². The van der Waals surface area contributed by atoms with Crippen molar-refractivity contribution in [2.45, 2.75) is 76.9 Å². The second-order valence-electron chi connectivity index (χ2n) is 10.4. The van der Waals surface area contributed by atoms with E-state index in [2.05, 4.69) is 26.5 Å². The first kappa shape index (κ1) is 20.9. The second kappa shape index (κ2) is 7.09. The monoisotopic (exact) mass is 400 g/mol. The lowest BCUT2D eigenvalue weighted by molar-refractivity contribution is -0.181. The van der Waals surface area contributed by atoms with E-state index in [4.69, 9.17) is 4.74 Å². The molecule has 0 aromatic carbocycles. The summed E-state index contributed by atoms with van der Waals surface area (Å²) in [6, 6.07) is 0. The third-order valence-electron chi connectivity index (χ3n) is 9.36. The third-order valence-corrected chi connectivity index (χ3v) is 9.36. The summed E-state index contributed by atoms with van der Waals surface area (Å²) in [6.07, 6.45) is 12.7. The van der Waals surface area contributed by atoms with E-state index in [0.29, 0.717) is 11.8 Å². The number of hydrogen-bond acceptors (Lipinski definition) is 4. The van der Waals surface area contributed by atoms with Crippen molar-refractivity contribution in [3.63, 3.8) is 0 Å². The molecule has 0 bridgehead atoms. The quantitative estimate of drug-likeness (QED) is 0.320. The predicted octanol–water partition coefficient (Wildman–Crippen LogP) is 4.33. The van der Waals surface area contributed by atoms with Gasteiger partial charge in [0.1, 0.15) is 0 Å². The van der Waals surface area contributed by atoms with Crippen molar-refractivity contribution in [1.29, 1.82) is 0 Å². The minimum Gasteiger partial charge on any atom is -0.466 e. The third kappa shape index (κ3) is 2.97. The number of allylic oxidation sites excluding steroid dienone is 3. The molecule has 4 aliphatic rings. The first-order valence-electron chi connectivity index (χ1n) is 11.2. The number of esters is 1. The predicted molar refractivity (Wildman–Crippen MR) is 113 cm³/mol. The smallest absolute Gasteiger partial charge is 0.330 e. The van der Waals surface area contributed by atoms with Crippen LogP contribution in [-0.2, 0) is 9.53 Å². The molecule has 2 N–H and O–H groups in total. The fraction of sp³-hybridized carbons (Fsp3) is 0.720. The molecule has 0 aromatic rings. The van der Waals surface area contributed by atoms with Gasteiger partial charge in [-0.1, -0.05) is 43.7 Å². The maximum atomic E-state index is 12.1. The maximum absolute atomic E-state index is 12.1. The summed E-state index contributed by atoms with van der Waals surface area (Å²) >= 11 is 0. The van der Waals surface area contributed by atoms with Crippen LogP contribution >= 0.6 is 0 Å². The van der Waals surface area contributed by atoms with Gasteiger partial charge in [0.15, 0.2) is 0 Å². The van der Waals surface area contributed by atoms with Gasteiger partial charge in [0, 0.05) is 11.5 Å². The number of ether oxygens (including phenoxy) is 1. The van der Waals surface area contributed by atoms with Crippen molar-refractivity contribution in [1.82, 2.24) is 0 Å². The van der Waals surface area contributed by atoms with Crippen LogP contribution in [0.5, 0.6) is 0 Å². The molecule has 0 aliphatic heterocycles. The lowest BCUT2D eigenvalue weighted by Gasteiger charge is -2.61. The minimum atomic E-state index is -0.687. The number of fused-ring (bicyclic) bond motifs is 5. The van der Waals surface area contributed by atoms with Gasteiger partial charge >= 0.3 is 5.97 Å². The molecule has 4 rings (SSSR count). The Bertz CT molecular complexity index is 767. The van der Waals surface area contributed by atoms with Crippen LogP contribution in [0.25, 0.3) is 0 Å². The summed E-state index contributed by atoms with van der Waals surface area (Å²) in [4.78, 5) is 11.5. The van der Waals surface area contributed by atoms with Gasteiger partial charge in [-0.25, -0.2) is 4.79 Å². The molecular weight excluding hydrogens is 364 g/mol. The summed E-state index contributed by atoms with van der Waals surface area (Å²) in [5, 5.41) is 22.3. The lowest BCUT2D eigenvalue weighted by atomic mass is 9.45. The molecule has 3 saturated carbocycles. The Balaban J connectivity index is 1.62. The van der Waals surface area contributed by atoms with E-state index >= 15 is 0 Å². The zero-order valence-electron chi connectivity index (χ0n) is 18.1. The highest BCUT2D eigenvalue weighted by atomic mass is 16.5. The van der Waals surface area contributed by atoms with Crippen molar-refractivity contribution in [2.75, 3.05) is 7.11 Å². The van der Waals surface area contributed by atoms with Gasteiger partial charge in [-0.3, -0.25) is 0 Å². The van der Waals surface area contributed by atoms with E-state index in [0.717, 1.165) is 56.9 Å². The highest BCUT2D eigenvalue weighted by Crippen LogP contribution is 2.69. The van der Waals surface area contributed by atoms with Crippen LogP contribution in [0.15, 0.2) is 36.0 Å². The first-order valence-corrected chi connectivity index (χ1v) is 11.2. The summed E-state index contributed by atoms with van der Waals surface area (Å²) in [5.74, 6) is 0.589. The normalized spacial score (nSPS) is 46.4. The Labute approximate surface area is 174 Å². The Morgan fingerprint density at radius 2 is 1.90 bits per heavy atom. The zero-order valence-corrected chi connectivity index (χ0v) is 18.1. The number of methoxy groups -OCH3 is 1. The molecule has 4 aliphatic carbocycles. The van der Waals surface area contributed by atoms with Gasteiger partial charge in [0.2, 0.25) is 0 Å². The van der Waals surface area contributed by atoms with Gasteiger partial charge in [0.25, 0.3) is 0 Å². The molecule has 0 spiro atoms. The van der Waals surface area contributed by atoms with Crippen molar-refractivity contribution < 1.29 is 19.7 Å². The Morgan fingerprint density at radius 1 is 1.14 bits per heavy atom. The molecule has 0 heterocycles. The molecule has 4 nitrogen and oxygen atoms in total. The van der Waals surface area contributed by atoms with Crippen LogP contribution in [-0.4, -0.2) is 35.0 Å². The van der Waals surface area contributed by atoms with E-state index in [1.54, 1.807) is 6.08 Å². The molecule has 7 atom stereocenters. The van der Waals surface area contributed by atoms with E-state index in [1.807, 2.05) is 0 Å². The fourth-order valence-electron chi connectivity index (χ4n) is 7.63. The lowest BCUT2D eigenvalue weighted by Crippen LogP contribution is -2.60. The molecule has 0 amide bonds. The highest BCUT2D eigenvalue weighted by molar-refractivity contribution is 5.82. The second-order valence-corrected chi connectivity index (χ2v) is 10.4. The van der Waals surface area contributed by atoms with Gasteiger partial charge in [-0.05, 0) is 74.5 Å². The topological polar surface area (TPSA) is 66.8 Å². The zero-order chi connectivity index (χ0) is 21.0. The van der Waals surface area contributed by atoms with Crippen LogP contribution in [0.1, 0.15) is 65.2 Å². The Morgan fingerprint density at radius 3 is 2.62 bits per heavy atom. The van der Waals surface area contributed by atoms with E-state index in [9.17, 15) is 15.0 Å². The molecule has 0 aromatic heterocycles. The summed E-state index contributed by atoms with van der Waals surface area (Å²) in [7, 11) is 1.38. The van der Waals surface area contributed by atoms with Gasteiger partial charge < -0.3 is 14.9 Å². The molecule has 0 radical (unpaired) electrons. The Kier molecular flexibility index (Phi) is 5.10. The SMILES string of the molecule is C=C(/C=C\C(=O)OC)[C@H]1CC[C@]2(O)C3CCC4=C[C@@H](O)CC[C@]4(C)C3CC[C@]12C. The molecular formula is C25H36O4. The first-order chi connectivity index (χ1) is 13.7. The van der Waals surface area contributed by atoms with Crippen molar-refractivity contribution in [3.05, 3.63) is 36.0 Å². The average Bonchev–Trinajstić information content (AvgIpc) is 2.98. The number of aliphatic hydroxyl groups excluding tert-OH is 1. The molecule has 4 heteroatoms. The summed E-state index contributed by atoms with van der Waals surface area (Å²) in [5.41, 5.74) is 1.56. The summed E-state index contributed by atoms with van der Waals surface area (Å²) < 4.78 is 4.72. The number of carbonyl (C=O) groups is 1. The van der Waals surface area contributed by atoms with Gasteiger partial charge in [-0.15, -0.1) is 0 Å². The van der Waals surface area contributed by atoms with Crippen molar-refractivity contribution >= 4 is 5.97 Å². The number of rotatable bonds is 3. The molecule has 3 fully saturated rings. The van der Waals surface area contributed by atoms with Gasteiger partial charge in [-0.2, -0.15) is 0 Å². The standard InChI is InChI=1S/C25H36O4/c1-16(5-8-22(27)29-4)19-11-14-25(28)21-7-6-17-15-18(26)9-12-23(17,2)20(21)10-13-24(19,25)3/h5,8,15,18-21,26,28H,1,6-7,9-14H2,2-4H3/b8-5-/t18-,19+,20?,21?,23-,24+,25-/m0/s1. The number of carbonyl (C=O) groups excluding carboxylic acids is 1. The van der Waals surface area contributed by atoms with E-state index in [-0.39, 0.29) is 28.8 Å². The largest absolute Gasteiger partial charge is 0.466 e. The number of hydrogen-bond donors (Lipinski definition) is 2. The highest BCUT2D eigenvalue weighted by Gasteiger charge is 2.66. The van der Waals surface area contributed by atoms with Crippen molar-refractivity contribution in [3.8, 4) is 0 Å². The molecule has 2 unspecified atom stereocenters. The van der Waals surface area contributed by atoms with Crippen LogP contribution in [0, 0.1) is 28.6 Å². The fourth-order valence-corrected chi connectivity index (χ4v) is 7.63. The summed E-state index contributed by atoms with van der Waals surface area (Å²) in [6.45, 7) is 8.88. The van der Waals surface area contributed by atoms with E-state index < -0.39 is 5.60 Å². The van der Waals surface area contributed by atoms with Crippen LogP contribution in [0.3, 0.4) is 0 Å². The van der Waals surface area contributed by atoms with Crippen LogP contribution in [0.2, 0.25) is 0 Å². The minimum absolute atomic E-state index is 0.110. The molecule has 160 valence electrons. The van der Waals surface area contributed by atoms with Crippen LogP contribution < -0.4 is 0 Å². The number of aliphatic hydroxyl groups is 2. The Hall–Kier alpha value is -1.39. The van der Waals surface area contributed by atoms with E-state index in [1.165, 1.54) is 18.8 Å². The average molecular weight is 401 g/mol. The molecule has 29 heavy (non-hydrogen) atoms.